The second-order valence-corrected chi connectivity index (χ2v) is 4.90. The molecule has 0 aromatic heterocycles. The number of Topliss-reactive ketones (excluding diaryl/α,β-unsaturated/α-hetero) is 2. The highest BCUT2D eigenvalue weighted by molar-refractivity contribution is 5.98. The first kappa shape index (κ1) is 12.9. The number of halogens is 1. The van der Waals surface area contributed by atoms with E-state index in [9.17, 15) is 14.0 Å². The zero-order valence-electron chi connectivity index (χ0n) is 10.3. The molecule has 0 saturated heterocycles. The summed E-state index contributed by atoms with van der Waals surface area (Å²) in [6.45, 7) is 0. The highest BCUT2D eigenvalue weighted by Gasteiger charge is 2.23. The molecule has 1 aliphatic rings. The van der Waals surface area contributed by atoms with Gasteiger partial charge >= 0.3 is 0 Å². The van der Waals surface area contributed by atoms with Gasteiger partial charge in [-0.3, -0.25) is 9.59 Å². The zero-order chi connectivity index (χ0) is 13.0. The van der Waals surface area contributed by atoms with E-state index in [1.165, 1.54) is 24.3 Å². The van der Waals surface area contributed by atoms with Crippen molar-refractivity contribution in [3.63, 3.8) is 0 Å². The molecule has 96 valence electrons. The first-order valence-electron chi connectivity index (χ1n) is 6.48. The molecule has 2 rings (SSSR count). The Morgan fingerprint density at radius 3 is 2.61 bits per heavy atom. The SMILES string of the molecule is O=C(C[C@H]1CCCCCC1=O)c1ccc(F)cc1. The second kappa shape index (κ2) is 5.89. The maximum Gasteiger partial charge on any atom is 0.163 e. The number of carbonyl (C=O) groups excluding carboxylic acids is 2. The first-order valence-corrected chi connectivity index (χ1v) is 6.48. The topological polar surface area (TPSA) is 34.1 Å². The lowest BCUT2D eigenvalue weighted by Crippen LogP contribution is -2.17. The van der Waals surface area contributed by atoms with Crippen molar-refractivity contribution in [2.24, 2.45) is 5.92 Å². The summed E-state index contributed by atoms with van der Waals surface area (Å²) in [4.78, 5) is 23.8. The summed E-state index contributed by atoms with van der Waals surface area (Å²) in [6.07, 6.45) is 4.72. The largest absolute Gasteiger partial charge is 0.299 e. The van der Waals surface area contributed by atoms with Crippen molar-refractivity contribution in [3.05, 3.63) is 35.6 Å². The Kier molecular flexibility index (Phi) is 4.24. The fourth-order valence-corrected chi connectivity index (χ4v) is 2.43. The smallest absolute Gasteiger partial charge is 0.163 e. The number of rotatable bonds is 3. The Bertz CT molecular complexity index is 436. The fraction of sp³-hybridized carbons (Fsp3) is 0.467. The van der Waals surface area contributed by atoms with E-state index in [0.717, 1.165) is 25.7 Å². The molecule has 0 N–H and O–H groups in total. The van der Waals surface area contributed by atoms with Crippen LogP contribution in [0.2, 0.25) is 0 Å². The van der Waals surface area contributed by atoms with E-state index in [0.29, 0.717) is 12.0 Å². The predicted molar refractivity (Wildman–Crippen MR) is 66.9 cm³/mol. The van der Waals surface area contributed by atoms with Gasteiger partial charge in [-0.1, -0.05) is 12.8 Å². The van der Waals surface area contributed by atoms with Crippen LogP contribution in [0.5, 0.6) is 0 Å². The molecular weight excluding hydrogens is 231 g/mol. The highest BCUT2D eigenvalue weighted by atomic mass is 19.1. The molecule has 3 heteroatoms. The van der Waals surface area contributed by atoms with Gasteiger partial charge < -0.3 is 0 Å². The summed E-state index contributed by atoms with van der Waals surface area (Å²) in [7, 11) is 0. The quantitative estimate of drug-likeness (QED) is 0.605. The maximum atomic E-state index is 12.8. The molecule has 1 aliphatic carbocycles. The maximum absolute atomic E-state index is 12.8. The number of hydrogen-bond donors (Lipinski definition) is 0. The van der Waals surface area contributed by atoms with E-state index in [2.05, 4.69) is 0 Å². The Labute approximate surface area is 106 Å². The number of hydrogen-bond acceptors (Lipinski definition) is 2. The van der Waals surface area contributed by atoms with Gasteiger partial charge in [-0.2, -0.15) is 0 Å². The molecule has 0 spiro atoms. The molecule has 0 radical (unpaired) electrons. The average molecular weight is 248 g/mol. The van der Waals surface area contributed by atoms with Crippen LogP contribution in [-0.2, 0) is 4.79 Å². The van der Waals surface area contributed by atoms with Gasteiger partial charge in [-0.25, -0.2) is 4.39 Å². The van der Waals surface area contributed by atoms with Crippen LogP contribution in [0.25, 0.3) is 0 Å². The molecular formula is C15H17FO2. The molecule has 1 fully saturated rings. The zero-order valence-corrected chi connectivity index (χ0v) is 10.3. The Morgan fingerprint density at radius 1 is 1.17 bits per heavy atom. The Balaban J connectivity index is 2.01. The molecule has 0 bridgehead atoms. The number of ketones is 2. The fourth-order valence-electron chi connectivity index (χ4n) is 2.43. The van der Waals surface area contributed by atoms with E-state index >= 15 is 0 Å². The number of carbonyl (C=O) groups is 2. The van der Waals surface area contributed by atoms with Gasteiger partial charge in [0.15, 0.2) is 5.78 Å². The summed E-state index contributed by atoms with van der Waals surface area (Å²) >= 11 is 0. The van der Waals surface area contributed by atoms with Crippen LogP contribution < -0.4 is 0 Å². The van der Waals surface area contributed by atoms with Crippen LogP contribution in [0.15, 0.2) is 24.3 Å². The summed E-state index contributed by atoms with van der Waals surface area (Å²) in [6, 6.07) is 5.53. The highest BCUT2D eigenvalue weighted by Crippen LogP contribution is 2.24. The van der Waals surface area contributed by atoms with Gasteiger partial charge in [0.05, 0.1) is 0 Å². The number of benzene rings is 1. The molecule has 1 aromatic rings. The molecule has 1 atom stereocenters. The summed E-state index contributed by atoms with van der Waals surface area (Å²) in [5.41, 5.74) is 0.494. The summed E-state index contributed by atoms with van der Waals surface area (Å²) in [5.74, 6) is -0.333. The van der Waals surface area contributed by atoms with Crippen molar-refractivity contribution in [1.82, 2.24) is 0 Å². The molecule has 0 aliphatic heterocycles. The Hall–Kier alpha value is -1.51. The third-order valence-electron chi connectivity index (χ3n) is 3.53. The molecule has 0 amide bonds. The van der Waals surface area contributed by atoms with Crippen LogP contribution in [0, 0.1) is 11.7 Å². The van der Waals surface area contributed by atoms with Gasteiger partial charge in [0, 0.05) is 24.3 Å². The molecule has 0 heterocycles. The molecule has 18 heavy (non-hydrogen) atoms. The van der Waals surface area contributed by atoms with Crippen molar-refractivity contribution < 1.29 is 14.0 Å². The lowest BCUT2D eigenvalue weighted by molar-refractivity contribution is -0.122. The van der Waals surface area contributed by atoms with Crippen molar-refractivity contribution in [1.29, 1.82) is 0 Å². The lowest BCUT2D eigenvalue weighted by atomic mass is 9.91. The third kappa shape index (κ3) is 3.25. The Morgan fingerprint density at radius 2 is 1.89 bits per heavy atom. The molecule has 1 aromatic carbocycles. The monoisotopic (exact) mass is 248 g/mol. The van der Waals surface area contributed by atoms with Crippen molar-refractivity contribution in [2.45, 2.75) is 38.5 Å². The van der Waals surface area contributed by atoms with E-state index in [1.807, 2.05) is 0 Å². The van der Waals surface area contributed by atoms with Crippen LogP contribution in [-0.4, -0.2) is 11.6 Å². The average Bonchev–Trinajstić information content (AvgIpc) is 2.56. The predicted octanol–water partition coefficient (Wildman–Crippen LogP) is 3.55. The van der Waals surface area contributed by atoms with Gasteiger partial charge in [0.25, 0.3) is 0 Å². The second-order valence-electron chi connectivity index (χ2n) is 4.90. The van der Waals surface area contributed by atoms with Crippen molar-refractivity contribution in [3.8, 4) is 0 Å². The van der Waals surface area contributed by atoms with Gasteiger partial charge in [-0.15, -0.1) is 0 Å². The van der Waals surface area contributed by atoms with E-state index < -0.39 is 0 Å². The normalized spacial score (nSPS) is 20.5. The molecule has 1 saturated carbocycles. The van der Waals surface area contributed by atoms with Gasteiger partial charge in [0.2, 0.25) is 0 Å². The summed E-state index contributed by atoms with van der Waals surface area (Å²) < 4.78 is 12.8. The molecule has 0 unspecified atom stereocenters. The standard InChI is InChI=1S/C15H17FO2/c16-13-8-6-11(7-9-13)15(18)10-12-4-2-1-3-5-14(12)17/h6-9,12H,1-5,10H2/t12-/m1/s1. The van der Waals surface area contributed by atoms with E-state index in [1.54, 1.807) is 0 Å². The van der Waals surface area contributed by atoms with Crippen molar-refractivity contribution in [2.75, 3.05) is 0 Å². The third-order valence-corrected chi connectivity index (χ3v) is 3.53. The lowest BCUT2D eigenvalue weighted by Gasteiger charge is -2.11. The minimum atomic E-state index is -0.350. The van der Waals surface area contributed by atoms with Crippen LogP contribution in [0.4, 0.5) is 4.39 Å². The first-order chi connectivity index (χ1) is 8.66. The molecule has 2 nitrogen and oxygen atoms in total. The van der Waals surface area contributed by atoms with Crippen LogP contribution >= 0.6 is 0 Å². The minimum Gasteiger partial charge on any atom is -0.299 e. The minimum absolute atomic E-state index is 0.0600. The van der Waals surface area contributed by atoms with Gasteiger partial charge in [-0.05, 0) is 37.1 Å². The summed E-state index contributed by atoms with van der Waals surface area (Å²) in [5, 5.41) is 0. The van der Waals surface area contributed by atoms with Gasteiger partial charge in [0.1, 0.15) is 11.6 Å². The van der Waals surface area contributed by atoms with Crippen molar-refractivity contribution >= 4 is 11.6 Å². The van der Waals surface area contributed by atoms with Crippen LogP contribution in [0.3, 0.4) is 0 Å². The van der Waals surface area contributed by atoms with Crippen LogP contribution in [0.1, 0.15) is 48.9 Å². The van der Waals surface area contributed by atoms with E-state index in [-0.39, 0.29) is 29.7 Å². The van der Waals surface area contributed by atoms with E-state index in [4.69, 9.17) is 0 Å².